The molecule has 0 heterocycles. The predicted molar refractivity (Wildman–Crippen MR) is 135 cm³/mol. The van der Waals surface area contributed by atoms with Crippen LogP contribution in [0, 0.1) is 25.2 Å². The summed E-state index contributed by atoms with van der Waals surface area (Å²) in [6, 6.07) is 15.7. The fraction of sp³-hybridized carbons (Fsp3) is 0.120. The van der Waals surface area contributed by atoms with E-state index >= 15 is 0 Å². The largest absolute Gasteiger partial charge is 0.487 e. The lowest BCUT2D eigenvalue weighted by Gasteiger charge is -2.14. The number of anilines is 1. The molecule has 0 bridgehead atoms. The molecule has 4 nitrogen and oxygen atoms in total. The molecule has 33 heavy (non-hydrogen) atoms. The van der Waals surface area contributed by atoms with Gasteiger partial charge >= 0.3 is 0 Å². The van der Waals surface area contributed by atoms with Gasteiger partial charge in [-0.2, -0.15) is 5.26 Å². The Hall–Kier alpha value is -2.68. The summed E-state index contributed by atoms with van der Waals surface area (Å²) < 4.78 is 5.90. The number of rotatable bonds is 6. The zero-order chi connectivity index (χ0) is 24.1. The Bertz CT molecular complexity index is 1300. The molecule has 8 heteroatoms. The smallest absolute Gasteiger partial charge is 0.266 e. The number of amides is 1. The van der Waals surface area contributed by atoms with Crippen LogP contribution in [0.1, 0.15) is 22.3 Å². The number of hydrogen-bond donors (Lipinski definition) is 1. The first-order valence-corrected chi connectivity index (χ1v) is 11.2. The Morgan fingerprint density at radius 1 is 1.00 bits per heavy atom. The number of nitrogens with zero attached hydrogens (tertiary/aromatic N) is 1. The van der Waals surface area contributed by atoms with Crippen LogP contribution in [-0.4, -0.2) is 5.91 Å². The van der Waals surface area contributed by atoms with Gasteiger partial charge < -0.3 is 10.1 Å². The third kappa shape index (κ3) is 6.43. The maximum absolute atomic E-state index is 12.8. The lowest BCUT2D eigenvalue weighted by atomic mass is 10.1. The highest BCUT2D eigenvalue weighted by Gasteiger charge is 2.16. The summed E-state index contributed by atoms with van der Waals surface area (Å²) in [5, 5.41) is 13.9. The highest BCUT2D eigenvalue weighted by Crippen LogP contribution is 2.35. The molecule has 0 aliphatic rings. The minimum Gasteiger partial charge on any atom is -0.487 e. The van der Waals surface area contributed by atoms with E-state index < -0.39 is 5.91 Å². The Balaban J connectivity index is 1.91. The van der Waals surface area contributed by atoms with E-state index in [4.69, 9.17) is 51.1 Å². The molecular weight excluding hydrogens is 502 g/mol. The van der Waals surface area contributed by atoms with E-state index in [0.717, 1.165) is 11.1 Å². The summed E-state index contributed by atoms with van der Waals surface area (Å²) >= 11 is 24.7. The van der Waals surface area contributed by atoms with Crippen LogP contribution in [0.5, 0.6) is 5.75 Å². The molecular formula is C25H18Cl4N2O2. The van der Waals surface area contributed by atoms with Gasteiger partial charge in [-0.1, -0.05) is 70.2 Å². The van der Waals surface area contributed by atoms with Crippen molar-refractivity contribution < 1.29 is 9.53 Å². The van der Waals surface area contributed by atoms with Crippen molar-refractivity contribution in [1.29, 1.82) is 5.26 Å². The number of nitrogens with one attached hydrogen (secondary N) is 1. The van der Waals surface area contributed by atoms with Crippen molar-refractivity contribution in [2.45, 2.75) is 20.5 Å². The van der Waals surface area contributed by atoms with Gasteiger partial charge in [-0.3, -0.25) is 4.79 Å². The van der Waals surface area contributed by atoms with Crippen LogP contribution in [0.25, 0.3) is 6.08 Å². The monoisotopic (exact) mass is 518 g/mol. The molecule has 168 valence electrons. The van der Waals surface area contributed by atoms with Gasteiger partial charge in [0, 0.05) is 31.9 Å². The number of carbonyl (C=O) groups is 1. The third-order valence-corrected chi connectivity index (χ3v) is 5.81. The molecule has 0 atom stereocenters. The minimum absolute atomic E-state index is 0.0921. The first-order chi connectivity index (χ1) is 15.7. The van der Waals surface area contributed by atoms with Crippen molar-refractivity contribution >= 4 is 64.1 Å². The summed E-state index contributed by atoms with van der Waals surface area (Å²) in [5.74, 6) is -0.300. The van der Waals surface area contributed by atoms with E-state index in [0.29, 0.717) is 31.9 Å². The SMILES string of the molecule is Cc1ccc(NC(=O)/C(C#N)=C/c2cc(Cl)cc(Cl)c2OCc2ccc(Cl)cc2Cl)c(C)c1. The van der Waals surface area contributed by atoms with Crippen LogP contribution in [-0.2, 0) is 11.4 Å². The van der Waals surface area contributed by atoms with Gasteiger partial charge in [0.2, 0.25) is 0 Å². The average Bonchev–Trinajstić information content (AvgIpc) is 2.74. The van der Waals surface area contributed by atoms with Gasteiger partial charge in [-0.25, -0.2) is 0 Å². The van der Waals surface area contributed by atoms with Crippen molar-refractivity contribution in [3.8, 4) is 11.8 Å². The highest BCUT2D eigenvalue weighted by atomic mass is 35.5. The fourth-order valence-electron chi connectivity index (χ4n) is 3.08. The Kier molecular flexibility index (Phi) is 8.29. The lowest BCUT2D eigenvalue weighted by molar-refractivity contribution is -0.112. The lowest BCUT2D eigenvalue weighted by Crippen LogP contribution is -2.14. The van der Waals surface area contributed by atoms with Crippen molar-refractivity contribution in [3.63, 3.8) is 0 Å². The summed E-state index contributed by atoms with van der Waals surface area (Å²) in [6.07, 6.45) is 1.38. The molecule has 3 rings (SSSR count). The van der Waals surface area contributed by atoms with Gasteiger partial charge in [-0.15, -0.1) is 0 Å². The van der Waals surface area contributed by atoms with Gasteiger partial charge in [0.1, 0.15) is 24.0 Å². The van der Waals surface area contributed by atoms with E-state index in [9.17, 15) is 10.1 Å². The van der Waals surface area contributed by atoms with Crippen LogP contribution < -0.4 is 10.1 Å². The summed E-state index contributed by atoms with van der Waals surface area (Å²) in [5.41, 5.74) is 3.50. The van der Waals surface area contributed by atoms with Gasteiger partial charge in [0.15, 0.2) is 0 Å². The van der Waals surface area contributed by atoms with E-state index in [-0.39, 0.29) is 23.0 Å². The standard InChI is InChI=1S/C25H18Cl4N2O2/c1-14-3-6-23(15(2)7-14)31-25(32)18(12-30)8-17-9-20(27)11-22(29)24(17)33-13-16-4-5-19(26)10-21(16)28/h3-11H,13H2,1-2H3,(H,31,32)/b18-8+. The average molecular weight is 520 g/mol. The number of benzene rings is 3. The first kappa shape index (κ1) is 25.0. The molecule has 0 spiro atoms. The molecule has 1 amide bonds. The molecule has 0 aromatic heterocycles. The quantitative estimate of drug-likeness (QED) is 0.264. The number of aryl methyl sites for hydroxylation is 2. The Labute approximate surface area is 212 Å². The molecule has 0 aliphatic heterocycles. The Morgan fingerprint density at radius 2 is 1.73 bits per heavy atom. The van der Waals surface area contributed by atoms with Crippen LogP contribution in [0.3, 0.4) is 0 Å². The number of carbonyl (C=O) groups excluding carboxylic acids is 1. The number of nitriles is 1. The van der Waals surface area contributed by atoms with Gasteiger partial charge in [0.25, 0.3) is 5.91 Å². The molecule has 0 saturated heterocycles. The molecule has 0 unspecified atom stereocenters. The second-order valence-corrected chi connectivity index (χ2v) is 8.96. The summed E-state index contributed by atoms with van der Waals surface area (Å²) in [7, 11) is 0. The topological polar surface area (TPSA) is 62.1 Å². The number of ether oxygens (including phenoxy) is 1. The number of halogens is 4. The summed E-state index contributed by atoms with van der Waals surface area (Å²) in [6.45, 7) is 3.93. The van der Waals surface area contributed by atoms with Crippen molar-refractivity contribution in [3.05, 3.63) is 96.4 Å². The summed E-state index contributed by atoms with van der Waals surface area (Å²) in [4.78, 5) is 12.8. The molecule has 0 radical (unpaired) electrons. The predicted octanol–water partition coefficient (Wildman–Crippen LogP) is 8.04. The van der Waals surface area contributed by atoms with Crippen molar-refractivity contribution in [2.24, 2.45) is 0 Å². The van der Waals surface area contributed by atoms with Gasteiger partial charge in [-0.05, 0) is 55.8 Å². The molecule has 0 aliphatic carbocycles. The molecule has 3 aromatic carbocycles. The van der Waals surface area contributed by atoms with Crippen LogP contribution in [0.15, 0.2) is 54.1 Å². The van der Waals surface area contributed by atoms with Crippen molar-refractivity contribution in [2.75, 3.05) is 5.32 Å². The highest BCUT2D eigenvalue weighted by molar-refractivity contribution is 6.36. The second-order valence-electron chi connectivity index (χ2n) is 7.27. The minimum atomic E-state index is -0.563. The van der Waals surface area contributed by atoms with Crippen LogP contribution in [0.2, 0.25) is 20.1 Å². The van der Waals surface area contributed by atoms with E-state index in [1.54, 1.807) is 30.3 Å². The zero-order valence-electron chi connectivity index (χ0n) is 17.7. The first-order valence-electron chi connectivity index (χ1n) is 9.74. The normalized spacial score (nSPS) is 11.1. The van der Waals surface area contributed by atoms with E-state index in [2.05, 4.69) is 5.32 Å². The van der Waals surface area contributed by atoms with E-state index in [1.165, 1.54) is 12.1 Å². The van der Waals surface area contributed by atoms with Crippen LogP contribution in [0.4, 0.5) is 5.69 Å². The molecule has 3 aromatic rings. The third-order valence-electron chi connectivity index (χ3n) is 4.72. The maximum Gasteiger partial charge on any atom is 0.266 e. The molecule has 0 saturated carbocycles. The fourth-order valence-corrected chi connectivity index (χ4v) is 4.10. The van der Waals surface area contributed by atoms with E-state index in [1.807, 2.05) is 32.0 Å². The zero-order valence-corrected chi connectivity index (χ0v) is 20.7. The maximum atomic E-state index is 12.8. The second kappa shape index (κ2) is 11.0. The van der Waals surface area contributed by atoms with Crippen molar-refractivity contribution in [1.82, 2.24) is 0 Å². The van der Waals surface area contributed by atoms with Crippen LogP contribution >= 0.6 is 46.4 Å². The molecule has 0 fully saturated rings. The molecule has 1 N–H and O–H groups in total. The van der Waals surface area contributed by atoms with Gasteiger partial charge in [0.05, 0.1) is 5.02 Å². The Morgan fingerprint density at radius 3 is 2.39 bits per heavy atom. The number of hydrogen-bond acceptors (Lipinski definition) is 3.